The Labute approximate surface area is 171 Å². The molecule has 5 nitrogen and oxygen atoms in total. The molecule has 29 heavy (non-hydrogen) atoms. The standard InChI is InChI=1S/C23H24N2O3S/c1-17(2)19-8-12-21(13-9-19)29(27,28)22-14-10-20(11-15-22)25-23(26)24-16-18-6-4-3-5-7-18/h3-15,17H,16H2,1-2H3,(H2,24,25,26). The Kier molecular flexibility index (Phi) is 6.34. The molecule has 0 bridgehead atoms. The number of sulfone groups is 1. The Morgan fingerprint density at radius 1 is 0.828 bits per heavy atom. The molecule has 0 fully saturated rings. The Balaban J connectivity index is 1.65. The third-order valence-corrected chi connectivity index (χ3v) is 6.36. The van der Waals surface area contributed by atoms with E-state index in [1.165, 1.54) is 12.1 Å². The maximum Gasteiger partial charge on any atom is 0.319 e. The normalized spacial score (nSPS) is 11.3. The van der Waals surface area contributed by atoms with Crippen LogP contribution < -0.4 is 10.6 Å². The van der Waals surface area contributed by atoms with Gasteiger partial charge in [-0.1, -0.05) is 56.3 Å². The first-order valence-corrected chi connectivity index (χ1v) is 10.9. The summed E-state index contributed by atoms with van der Waals surface area (Å²) in [5.41, 5.74) is 2.60. The molecule has 150 valence electrons. The van der Waals surface area contributed by atoms with Gasteiger partial charge < -0.3 is 10.6 Å². The van der Waals surface area contributed by atoms with Gasteiger partial charge in [0.2, 0.25) is 9.84 Å². The van der Waals surface area contributed by atoms with Crippen LogP contribution in [0.2, 0.25) is 0 Å². The van der Waals surface area contributed by atoms with Crippen molar-refractivity contribution in [2.75, 3.05) is 5.32 Å². The minimum absolute atomic E-state index is 0.185. The molecular weight excluding hydrogens is 384 g/mol. The molecule has 2 amide bonds. The third kappa shape index (κ3) is 5.23. The number of carbonyl (C=O) groups is 1. The Bertz CT molecular complexity index is 1060. The fourth-order valence-corrected chi connectivity index (χ4v) is 4.10. The highest BCUT2D eigenvalue weighted by atomic mass is 32.2. The molecule has 6 heteroatoms. The second-order valence-corrected chi connectivity index (χ2v) is 8.99. The summed E-state index contributed by atoms with van der Waals surface area (Å²) in [6, 6.07) is 22.3. The molecule has 0 aromatic heterocycles. The van der Waals surface area contributed by atoms with E-state index >= 15 is 0 Å². The van der Waals surface area contributed by atoms with Crippen molar-refractivity contribution in [2.45, 2.75) is 36.1 Å². The largest absolute Gasteiger partial charge is 0.334 e. The number of rotatable bonds is 6. The van der Waals surface area contributed by atoms with Crippen LogP contribution >= 0.6 is 0 Å². The van der Waals surface area contributed by atoms with Crippen LogP contribution in [-0.2, 0) is 16.4 Å². The van der Waals surface area contributed by atoms with Crippen molar-refractivity contribution in [3.63, 3.8) is 0 Å². The number of urea groups is 1. The Hall–Kier alpha value is -3.12. The van der Waals surface area contributed by atoms with Crippen LogP contribution in [0.3, 0.4) is 0 Å². The highest BCUT2D eigenvalue weighted by Crippen LogP contribution is 2.24. The summed E-state index contributed by atoms with van der Waals surface area (Å²) in [5, 5.41) is 5.47. The number of amides is 2. The van der Waals surface area contributed by atoms with Crippen molar-refractivity contribution in [1.29, 1.82) is 0 Å². The van der Waals surface area contributed by atoms with Gasteiger partial charge in [0.1, 0.15) is 0 Å². The van der Waals surface area contributed by atoms with Crippen molar-refractivity contribution < 1.29 is 13.2 Å². The fraction of sp³-hybridized carbons (Fsp3) is 0.174. The summed E-state index contributed by atoms with van der Waals surface area (Å²) in [5.74, 6) is 0.338. The molecule has 3 rings (SSSR count). The summed E-state index contributed by atoms with van der Waals surface area (Å²) in [4.78, 5) is 12.5. The van der Waals surface area contributed by atoms with E-state index < -0.39 is 9.84 Å². The topological polar surface area (TPSA) is 75.3 Å². The molecule has 0 aliphatic carbocycles. The quantitative estimate of drug-likeness (QED) is 0.605. The smallest absolute Gasteiger partial charge is 0.319 e. The van der Waals surface area contributed by atoms with Crippen LogP contribution in [-0.4, -0.2) is 14.4 Å². The molecule has 0 spiro atoms. The third-order valence-electron chi connectivity index (χ3n) is 4.58. The summed E-state index contributed by atoms with van der Waals surface area (Å²) < 4.78 is 25.6. The molecule has 3 aromatic rings. The van der Waals surface area contributed by atoms with Gasteiger partial charge in [0.15, 0.2) is 0 Å². The van der Waals surface area contributed by atoms with E-state index in [4.69, 9.17) is 0 Å². The van der Waals surface area contributed by atoms with Gasteiger partial charge in [0.25, 0.3) is 0 Å². The second kappa shape index (κ2) is 8.92. The van der Waals surface area contributed by atoms with Gasteiger partial charge in [-0.3, -0.25) is 0 Å². The molecule has 0 aliphatic rings. The molecule has 0 saturated heterocycles. The van der Waals surface area contributed by atoms with Gasteiger partial charge in [-0.15, -0.1) is 0 Å². The van der Waals surface area contributed by atoms with Crippen LogP contribution in [0, 0.1) is 0 Å². The number of nitrogens with one attached hydrogen (secondary N) is 2. The van der Waals surface area contributed by atoms with Crippen LogP contribution in [0.15, 0.2) is 88.7 Å². The lowest BCUT2D eigenvalue weighted by atomic mass is 10.0. The van der Waals surface area contributed by atoms with Gasteiger partial charge >= 0.3 is 6.03 Å². The molecular formula is C23H24N2O3S. The Morgan fingerprint density at radius 2 is 1.38 bits per heavy atom. The van der Waals surface area contributed by atoms with Crippen molar-refractivity contribution in [3.05, 3.63) is 90.0 Å². The van der Waals surface area contributed by atoms with Crippen molar-refractivity contribution >= 4 is 21.6 Å². The maximum atomic E-state index is 12.8. The Morgan fingerprint density at radius 3 is 1.93 bits per heavy atom. The van der Waals surface area contributed by atoms with Crippen molar-refractivity contribution in [3.8, 4) is 0 Å². The SMILES string of the molecule is CC(C)c1ccc(S(=O)(=O)c2ccc(NC(=O)NCc3ccccc3)cc2)cc1. The lowest BCUT2D eigenvalue weighted by Gasteiger charge is -2.10. The van der Waals surface area contributed by atoms with E-state index in [0.717, 1.165) is 11.1 Å². The molecule has 0 aliphatic heterocycles. The number of hydrogen-bond acceptors (Lipinski definition) is 3. The second-order valence-electron chi connectivity index (χ2n) is 7.04. The molecule has 3 aromatic carbocycles. The zero-order valence-corrected chi connectivity index (χ0v) is 17.2. The lowest BCUT2D eigenvalue weighted by Crippen LogP contribution is -2.28. The van der Waals surface area contributed by atoms with E-state index in [-0.39, 0.29) is 15.8 Å². The number of hydrogen-bond donors (Lipinski definition) is 2. The first kappa shape index (κ1) is 20.6. The maximum absolute atomic E-state index is 12.8. The van der Waals surface area contributed by atoms with Crippen LogP contribution in [0.4, 0.5) is 10.5 Å². The predicted molar refractivity (Wildman–Crippen MR) is 115 cm³/mol. The van der Waals surface area contributed by atoms with Crippen molar-refractivity contribution in [2.24, 2.45) is 0 Å². The van der Waals surface area contributed by atoms with E-state index in [9.17, 15) is 13.2 Å². The summed E-state index contributed by atoms with van der Waals surface area (Å²) in [6.07, 6.45) is 0. The van der Waals surface area contributed by atoms with E-state index in [1.54, 1.807) is 24.3 Å². The van der Waals surface area contributed by atoms with Crippen molar-refractivity contribution in [1.82, 2.24) is 5.32 Å². The van der Waals surface area contributed by atoms with Crippen LogP contribution in [0.25, 0.3) is 0 Å². The number of anilines is 1. The van der Waals surface area contributed by atoms with E-state index in [0.29, 0.717) is 18.2 Å². The predicted octanol–water partition coefficient (Wildman–Crippen LogP) is 4.96. The molecule has 0 heterocycles. The monoisotopic (exact) mass is 408 g/mol. The van der Waals surface area contributed by atoms with Gasteiger partial charge in [0.05, 0.1) is 9.79 Å². The lowest BCUT2D eigenvalue weighted by molar-refractivity contribution is 0.251. The first-order valence-electron chi connectivity index (χ1n) is 9.40. The fourth-order valence-electron chi connectivity index (χ4n) is 2.84. The highest BCUT2D eigenvalue weighted by molar-refractivity contribution is 7.91. The summed E-state index contributed by atoms with van der Waals surface area (Å²) >= 11 is 0. The van der Waals surface area contributed by atoms with Gasteiger partial charge in [-0.2, -0.15) is 0 Å². The van der Waals surface area contributed by atoms with E-state index in [1.807, 2.05) is 42.5 Å². The molecule has 0 atom stereocenters. The number of benzene rings is 3. The zero-order valence-electron chi connectivity index (χ0n) is 16.4. The minimum atomic E-state index is -3.60. The summed E-state index contributed by atoms with van der Waals surface area (Å²) in [6.45, 7) is 4.53. The van der Waals surface area contributed by atoms with Crippen LogP contribution in [0.1, 0.15) is 30.9 Å². The number of carbonyl (C=O) groups excluding carboxylic acids is 1. The van der Waals surface area contributed by atoms with Crippen LogP contribution in [0.5, 0.6) is 0 Å². The molecule has 0 radical (unpaired) electrons. The van der Waals surface area contributed by atoms with Gasteiger partial charge in [-0.05, 0) is 53.4 Å². The molecule has 0 saturated carbocycles. The average Bonchev–Trinajstić information content (AvgIpc) is 2.73. The van der Waals surface area contributed by atoms with E-state index in [2.05, 4.69) is 24.5 Å². The molecule has 0 unspecified atom stereocenters. The zero-order chi connectivity index (χ0) is 20.9. The first-order chi connectivity index (χ1) is 13.9. The van der Waals surface area contributed by atoms with Gasteiger partial charge in [-0.25, -0.2) is 13.2 Å². The molecule has 2 N–H and O–H groups in total. The minimum Gasteiger partial charge on any atom is -0.334 e. The summed E-state index contributed by atoms with van der Waals surface area (Å²) in [7, 11) is -3.60. The van der Waals surface area contributed by atoms with Gasteiger partial charge in [0, 0.05) is 12.2 Å². The average molecular weight is 409 g/mol. The highest BCUT2D eigenvalue weighted by Gasteiger charge is 2.17.